The van der Waals surface area contributed by atoms with Crippen LogP contribution in [0.4, 0.5) is 28.0 Å². The molecule has 1 unspecified atom stereocenters. The predicted molar refractivity (Wildman–Crippen MR) is 94.4 cm³/mol. The normalized spacial score (nSPS) is 30.1. The molecule has 28 heavy (non-hydrogen) atoms. The quantitative estimate of drug-likeness (QED) is 0.710. The average Bonchev–Trinajstić information content (AvgIpc) is 3.20. The molecule has 11 heteroatoms. The monoisotopic (exact) mass is 419 g/mol. The number of urea groups is 1. The molecule has 1 fully saturated rings. The molecule has 6 nitrogen and oxygen atoms in total. The van der Waals surface area contributed by atoms with E-state index in [4.69, 9.17) is 11.6 Å². The van der Waals surface area contributed by atoms with Crippen LogP contribution in [-0.4, -0.2) is 45.1 Å². The average molecular weight is 420 g/mol. The van der Waals surface area contributed by atoms with Crippen LogP contribution in [0.15, 0.2) is 12.3 Å². The van der Waals surface area contributed by atoms with Crippen molar-refractivity contribution in [2.24, 2.45) is 0 Å². The minimum atomic E-state index is -4.64. The van der Waals surface area contributed by atoms with Crippen LogP contribution in [0, 0.1) is 0 Å². The van der Waals surface area contributed by atoms with E-state index in [9.17, 15) is 22.4 Å². The number of nitrogens with one attached hydrogen (secondary N) is 1. The molecule has 3 heterocycles. The maximum Gasteiger partial charge on any atom is 0.401 e. The maximum atomic E-state index is 14.0. The van der Waals surface area contributed by atoms with Gasteiger partial charge in [0.15, 0.2) is 10.8 Å². The topological polar surface area (TPSA) is 62.5 Å². The van der Waals surface area contributed by atoms with Gasteiger partial charge in [-0.05, 0) is 26.7 Å². The van der Waals surface area contributed by atoms with Gasteiger partial charge in [-0.3, -0.25) is 4.90 Å². The Balaban J connectivity index is 1.74. The Morgan fingerprint density at radius 3 is 2.71 bits per heavy atom. The van der Waals surface area contributed by atoms with Crippen molar-refractivity contribution in [2.75, 3.05) is 11.4 Å². The van der Waals surface area contributed by atoms with Crippen LogP contribution < -0.4 is 10.2 Å². The Labute approximate surface area is 162 Å². The molecular formula is C17H18ClF4N5O. The van der Waals surface area contributed by atoms with Gasteiger partial charge in [-0.25, -0.2) is 18.7 Å². The fourth-order valence-electron chi connectivity index (χ4n) is 4.06. The minimum absolute atomic E-state index is 0.00140. The van der Waals surface area contributed by atoms with Gasteiger partial charge in [0.05, 0.1) is 17.6 Å². The number of halogens is 5. The highest BCUT2D eigenvalue weighted by molar-refractivity contribution is 6.29. The highest BCUT2D eigenvalue weighted by Crippen LogP contribution is 2.50. The first-order valence-electron chi connectivity index (χ1n) is 8.80. The van der Waals surface area contributed by atoms with Gasteiger partial charge in [-0.1, -0.05) is 11.6 Å². The zero-order valence-electron chi connectivity index (χ0n) is 15.1. The Morgan fingerprint density at radius 1 is 1.39 bits per heavy atom. The highest BCUT2D eigenvalue weighted by Gasteiger charge is 2.60. The van der Waals surface area contributed by atoms with Crippen molar-refractivity contribution in [1.29, 1.82) is 0 Å². The Bertz CT molecular complexity index is 959. The number of hydrogen-bond donors (Lipinski definition) is 1. The highest BCUT2D eigenvalue weighted by atomic mass is 35.5. The molecule has 0 radical (unpaired) electrons. The lowest BCUT2D eigenvalue weighted by atomic mass is 9.88. The van der Waals surface area contributed by atoms with Gasteiger partial charge in [0.25, 0.3) is 0 Å². The molecular weight excluding hydrogens is 402 g/mol. The van der Waals surface area contributed by atoms with Crippen LogP contribution in [0.25, 0.3) is 5.65 Å². The third-order valence-electron chi connectivity index (χ3n) is 5.61. The predicted octanol–water partition coefficient (Wildman–Crippen LogP) is 4.01. The summed E-state index contributed by atoms with van der Waals surface area (Å²) in [4.78, 5) is 17.8. The molecule has 0 aromatic carbocycles. The van der Waals surface area contributed by atoms with E-state index in [1.165, 1.54) is 19.2 Å². The Hall–Kier alpha value is -2.10. The van der Waals surface area contributed by atoms with Gasteiger partial charge < -0.3 is 5.32 Å². The number of rotatable bonds is 1. The summed E-state index contributed by atoms with van der Waals surface area (Å²) in [6, 6.07) is 0.206. The fraction of sp³-hybridized carbons (Fsp3) is 0.588. The van der Waals surface area contributed by atoms with Crippen LogP contribution in [-0.2, 0) is 5.41 Å². The number of aromatic nitrogens is 3. The largest absolute Gasteiger partial charge is 0.401 e. The molecule has 2 aliphatic rings. The van der Waals surface area contributed by atoms with Crippen LogP contribution in [0.2, 0.25) is 5.15 Å². The molecule has 0 spiro atoms. The molecule has 1 aliphatic carbocycles. The molecule has 1 aliphatic heterocycles. The van der Waals surface area contributed by atoms with E-state index in [0.717, 1.165) is 16.3 Å². The van der Waals surface area contributed by atoms with Gasteiger partial charge in [-0.15, -0.1) is 0 Å². The second-order valence-electron chi connectivity index (χ2n) is 7.95. The smallest absolute Gasteiger partial charge is 0.335 e. The number of fused-ring (bicyclic) bond motifs is 3. The zero-order chi connectivity index (χ0) is 20.5. The minimum Gasteiger partial charge on any atom is -0.335 e. The summed E-state index contributed by atoms with van der Waals surface area (Å²) in [6.45, 7) is 1.84. The van der Waals surface area contributed by atoms with E-state index < -0.39 is 35.9 Å². The van der Waals surface area contributed by atoms with Crippen molar-refractivity contribution >= 4 is 29.0 Å². The number of carbonyl (C=O) groups excluding carboxylic acids is 1. The number of alkyl halides is 4. The second-order valence-corrected chi connectivity index (χ2v) is 8.33. The van der Waals surface area contributed by atoms with Crippen molar-refractivity contribution in [1.82, 2.24) is 19.9 Å². The van der Waals surface area contributed by atoms with Crippen LogP contribution in [0.5, 0.6) is 0 Å². The summed E-state index contributed by atoms with van der Waals surface area (Å²) in [5.74, 6) is 0. The zero-order valence-corrected chi connectivity index (χ0v) is 15.9. The van der Waals surface area contributed by atoms with E-state index in [-0.39, 0.29) is 28.6 Å². The second kappa shape index (κ2) is 5.95. The number of anilines is 1. The maximum absolute atomic E-state index is 14.0. The third kappa shape index (κ3) is 2.89. The summed E-state index contributed by atoms with van der Waals surface area (Å²) in [5, 5.41) is 6.58. The van der Waals surface area contributed by atoms with Gasteiger partial charge in [-0.2, -0.15) is 18.3 Å². The Morgan fingerprint density at radius 2 is 2.11 bits per heavy atom. The molecule has 152 valence electrons. The molecule has 4 rings (SSSR count). The van der Waals surface area contributed by atoms with E-state index in [0.29, 0.717) is 12.8 Å². The summed E-state index contributed by atoms with van der Waals surface area (Å²) in [5.41, 5.74) is -3.79. The van der Waals surface area contributed by atoms with Crippen molar-refractivity contribution in [3.05, 3.63) is 23.1 Å². The molecule has 0 saturated heterocycles. The molecule has 0 bridgehead atoms. The third-order valence-corrected chi connectivity index (χ3v) is 5.79. The number of carbonyl (C=O) groups is 1. The van der Waals surface area contributed by atoms with E-state index >= 15 is 0 Å². The molecule has 2 aromatic rings. The lowest BCUT2D eigenvalue weighted by Gasteiger charge is -2.28. The van der Waals surface area contributed by atoms with Gasteiger partial charge in [0.1, 0.15) is 11.1 Å². The van der Waals surface area contributed by atoms with Gasteiger partial charge >= 0.3 is 12.2 Å². The first-order valence-corrected chi connectivity index (χ1v) is 9.17. The number of nitrogens with zero attached hydrogens (tertiary/aromatic N) is 4. The van der Waals surface area contributed by atoms with Gasteiger partial charge in [0.2, 0.25) is 0 Å². The van der Waals surface area contributed by atoms with Crippen LogP contribution >= 0.6 is 11.6 Å². The molecule has 1 N–H and O–H groups in total. The van der Waals surface area contributed by atoms with Crippen LogP contribution in [0.3, 0.4) is 0 Å². The number of amides is 2. The lowest BCUT2D eigenvalue weighted by molar-refractivity contribution is -0.181. The first-order chi connectivity index (χ1) is 12.9. The molecule has 2 aromatic heterocycles. The van der Waals surface area contributed by atoms with E-state index in [1.807, 2.05) is 0 Å². The van der Waals surface area contributed by atoms with Crippen molar-refractivity contribution in [3.8, 4) is 0 Å². The summed E-state index contributed by atoms with van der Waals surface area (Å²) in [6.07, 6.45) is -2.58. The van der Waals surface area contributed by atoms with E-state index in [2.05, 4.69) is 15.4 Å². The summed E-state index contributed by atoms with van der Waals surface area (Å²) >= 11 is 5.85. The SMILES string of the molecule is CC1(F)CC[C@H](NC(=O)N2C[C@@](C)(C(F)(F)F)c3c2cnc2cc(Cl)nn32)C1. The number of hydrogen-bond acceptors (Lipinski definition) is 3. The van der Waals surface area contributed by atoms with Crippen molar-refractivity contribution in [3.63, 3.8) is 0 Å². The van der Waals surface area contributed by atoms with Crippen LogP contribution in [0.1, 0.15) is 38.8 Å². The first kappa shape index (κ1) is 19.2. The summed E-state index contributed by atoms with van der Waals surface area (Å²) < 4.78 is 57.1. The molecule has 2 amide bonds. The van der Waals surface area contributed by atoms with Gasteiger partial charge in [0, 0.05) is 25.1 Å². The fourth-order valence-corrected chi connectivity index (χ4v) is 4.23. The molecule has 1 saturated carbocycles. The standard InChI is InChI=1S/C17H18ClF4N5O/c1-15(19)4-3-9(6-15)24-14(28)26-8-16(2,17(20,21)22)13-10(26)7-23-12-5-11(18)25-27(12)13/h5,7,9H,3-4,6,8H2,1-2H3,(H,24,28)/t9-,15?,16+/m0/s1. The van der Waals surface area contributed by atoms with Crippen molar-refractivity contribution in [2.45, 2.75) is 56.4 Å². The molecule has 3 atom stereocenters. The van der Waals surface area contributed by atoms with E-state index in [1.54, 1.807) is 0 Å². The summed E-state index contributed by atoms with van der Waals surface area (Å²) in [7, 11) is 0. The lowest BCUT2D eigenvalue weighted by Crippen LogP contribution is -2.49. The van der Waals surface area contributed by atoms with Crippen molar-refractivity contribution < 1.29 is 22.4 Å². The Kier molecular flexibility index (Phi) is 4.08.